The van der Waals surface area contributed by atoms with Crippen molar-refractivity contribution in [3.05, 3.63) is 48.0 Å². The molecule has 0 aromatic carbocycles. The van der Waals surface area contributed by atoms with Gasteiger partial charge < -0.3 is 4.74 Å². The van der Waals surface area contributed by atoms with Crippen molar-refractivity contribution in [1.82, 2.24) is 0 Å². The van der Waals surface area contributed by atoms with Crippen LogP contribution < -0.4 is 0 Å². The van der Waals surface area contributed by atoms with E-state index in [1.165, 1.54) is 7.11 Å². The Morgan fingerprint density at radius 1 is 1.07 bits per heavy atom. The Bertz CT molecular complexity index is 434. The Kier molecular flexibility index (Phi) is 2.19. The molecule has 2 aliphatic carbocycles. The molecule has 0 aliphatic heterocycles. The lowest BCUT2D eigenvalue weighted by atomic mass is 10.1. The molecule has 0 amide bonds. The highest BCUT2D eigenvalue weighted by Gasteiger charge is 2.12. The molecule has 0 saturated heterocycles. The average Bonchev–Trinajstić information content (AvgIpc) is 2.57. The number of hydrogen-bond acceptors (Lipinski definition) is 2. The zero-order valence-corrected chi connectivity index (χ0v) is 7.86. The highest BCUT2D eigenvalue weighted by molar-refractivity contribution is 5.97. The van der Waals surface area contributed by atoms with Gasteiger partial charge in [0.1, 0.15) is 0 Å². The molecule has 0 N–H and O–H groups in total. The number of rotatable bonds is 1. The van der Waals surface area contributed by atoms with Crippen LogP contribution in [0.5, 0.6) is 0 Å². The molecule has 0 atom stereocenters. The van der Waals surface area contributed by atoms with Crippen LogP contribution in [-0.2, 0) is 4.74 Å². The Labute approximate surface area is 82.5 Å². The molecule has 0 bridgehead atoms. The van der Waals surface area contributed by atoms with Crippen LogP contribution in [0.1, 0.15) is 10.4 Å². The number of fused-ring (bicyclic) bond motifs is 1. The summed E-state index contributed by atoms with van der Waals surface area (Å²) < 4.78 is 4.72. The van der Waals surface area contributed by atoms with Crippen molar-refractivity contribution in [2.75, 3.05) is 7.11 Å². The number of esters is 1. The van der Waals surface area contributed by atoms with E-state index >= 15 is 0 Å². The van der Waals surface area contributed by atoms with Crippen LogP contribution >= 0.6 is 0 Å². The van der Waals surface area contributed by atoms with E-state index in [4.69, 9.17) is 4.74 Å². The quantitative estimate of drug-likeness (QED) is 0.640. The first-order chi connectivity index (χ1) is 6.83. The van der Waals surface area contributed by atoms with Gasteiger partial charge in [0.05, 0.1) is 12.7 Å². The first kappa shape index (κ1) is 8.75. The summed E-state index contributed by atoms with van der Waals surface area (Å²) in [6.07, 6.45) is 0. The van der Waals surface area contributed by atoms with Gasteiger partial charge in [-0.3, -0.25) is 0 Å². The van der Waals surface area contributed by atoms with E-state index in [9.17, 15) is 4.79 Å². The molecule has 0 saturated carbocycles. The van der Waals surface area contributed by atoms with Crippen molar-refractivity contribution >= 4 is 5.97 Å². The predicted molar refractivity (Wildman–Crippen MR) is 54.4 cm³/mol. The van der Waals surface area contributed by atoms with E-state index in [1.807, 2.05) is 36.4 Å². The highest BCUT2D eigenvalue weighted by atomic mass is 16.5. The van der Waals surface area contributed by atoms with Crippen molar-refractivity contribution in [3.8, 4) is 11.1 Å². The monoisotopic (exact) mass is 186 g/mol. The molecule has 0 aromatic rings. The van der Waals surface area contributed by atoms with Crippen molar-refractivity contribution in [1.29, 1.82) is 0 Å². The van der Waals surface area contributed by atoms with Gasteiger partial charge in [-0.25, -0.2) is 4.79 Å². The molecule has 0 heterocycles. The maximum absolute atomic E-state index is 11.4. The van der Waals surface area contributed by atoms with Gasteiger partial charge in [-0.1, -0.05) is 36.4 Å². The van der Waals surface area contributed by atoms with Crippen LogP contribution in [0, 0.1) is 0 Å². The van der Waals surface area contributed by atoms with E-state index in [-0.39, 0.29) is 5.97 Å². The number of carbonyl (C=O) groups excluding carboxylic acids is 1. The van der Waals surface area contributed by atoms with Crippen LogP contribution in [-0.4, -0.2) is 13.1 Å². The molecule has 0 fully saturated rings. The number of methoxy groups -OCH3 is 1. The van der Waals surface area contributed by atoms with E-state index in [2.05, 4.69) is 0 Å². The highest BCUT2D eigenvalue weighted by Crippen LogP contribution is 2.25. The topological polar surface area (TPSA) is 26.3 Å². The number of hydrogen-bond donors (Lipinski definition) is 0. The fraction of sp³-hybridized carbons (Fsp3) is 0.0833. The second-order valence-corrected chi connectivity index (χ2v) is 3.02. The molecule has 2 rings (SSSR count). The summed E-state index contributed by atoms with van der Waals surface area (Å²) in [6, 6.07) is 13.3. The predicted octanol–water partition coefficient (Wildman–Crippen LogP) is 2.58. The zero-order chi connectivity index (χ0) is 9.97. The third-order valence-corrected chi connectivity index (χ3v) is 2.19. The smallest absolute Gasteiger partial charge is 0.338 e. The summed E-state index contributed by atoms with van der Waals surface area (Å²) in [4.78, 5) is 11.4. The van der Waals surface area contributed by atoms with Crippen molar-refractivity contribution in [3.63, 3.8) is 0 Å². The molecule has 0 spiro atoms. The van der Waals surface area contributed by atoms with Crippen molar-refractivity contribution in [2.45, 2.75) is 0 Å². The molecule has 14 heavy (non-hydrogen) atoms. The second-order valence-electron chi connectivity index (χ2n) is 3.02. The molecule has 2 heteroatoms. The van der Waals surface area contributed by atoms with Gasteiger partial charge in [0.25, 0.3) is 0 Å². The van der Waals surface area contributed by atoms with E-state index in [0.717, 1.165) is 11.1 Å². The van der Waals surface area contributed by atoms with Gasteiger partial charge in [0.15, 0.2) is 0 Å². The second kappa shape index (κ2) is 3.50. The lowest BCUT2D eigenvalue weighted by Crippen LogP contribution is -2.01. The Balaban J connectivity index is 2.63. The van der Waals surface area contributed by atoms with Gasteiger partial charge in [-0.05, 0) is 17.2 Å². The molecule has 2 aliphatic rings. The maximum Gasteiger partial charge on any atom is 0.338 e. The minimum Gasteiger partial charge on any atom is -0.465 e. The minimum atomic E-state index is -0.294. The Morgan fingerprint density at radius 3 is 2.57 bits per heavy atom. The van der Waals surface area contributed by atoms with Crippen LogP contribution in [0.4, 0.5) is 0 Å². The molecule has 0 aromatic heterocycles. The fourth-order valence-electron chi connectivity index (χ4n) is 1.51. The summed E-state index contributed by atoms with van der Waals surface area (Å²) >= 11 is 0. The number of carbonyl (C=O) groups is 1. The average molecular weight is 186 g/mol. The maximum atomic E-state index is 11.4. The fourth-order valence-corrected chi connectivity index (χ4v) is 1.51. The molecule has 0 radical (unpaired) electrons. The molecular weight excluding hydrogens is 176 g/mol. The molecule has 2 nitrogen and oxygen atoms in total. The van der Waals surface area contributed by atoms with E-state index in [0.29, 0.717) is 5.56 Å². The van der Waals surface area contributed by atoms with Crippen molar-refractivity contribution in [2.24, 2.45) is 0 Å². The summed E-state index contributed by atoms with van der Waals surface area (Å²) in [6.45, 7) is 0. The van der Waals surface area contributed by atoms with Gasteiger partial charge in [-0.15, -0.1) is 0 Å². The first-order valence-corrected chi connectivity index (χ1v) is 4.39. The van der Waals surface area contributed by atoms with Crippen LogP contribution in [0.2, 0.25) is 0 Å². The number of ether oxygens (including phenoxy) is 1. The molecular formula is C12H10O2. The third kappa shape index (κ3) is 1.35. The van der Waals surface area contributed by atoms with Crippen LogP contribution in [0.15, 0.2) is 42.5 Å². The third-order valence-electron chi connectivity index (χ3n) is 2.19. The minimum absolute atomic E-state index is 0.294. The summed E-state index contributed by atoms with van der Waals surface area (Å²) in [5, 5.41) is 0. The van der Waals surface area contributed by atoms with Crippen LogP contribution in [0.3, 0.4) is 0 Å². The lowest BCUT2D eigenvalue weighted by molar-refractivity contribution is 0.0602. The Hall–Kier alpha value is -1.83. The first-order valence-electron chi connectivity index (χ1n) is 4.39. The largest absolute Gasteiger partial charge is 0.465 e. The van der Waals surface area contributed by atoms with Gasteiger partial charge in [0, 0.05) is 0 Å². The molecule has 70 valence electrons. The molecule has 0 unspecified atom stereocenters. The van der Waals surface area contributed by atoms with Gasteiger partial charge in [0.2, 0.25) is 0 Å². The van der Waals surface area contributed by atoms with E-state index in [1.54, 1.807) is 6.07 Å². The lowest BCUT2D eigenvalue weighted by Gasteiger charge is -2.00. The SMILES string of the molecule is COC(=O)c1ccccc2cccc1-2. The standard InChI is InChI=1S/C12H10O2/c1-14-12(13)11-7-3-2-5-9-6-4-8-10(9)11/h2-8H,1H3. The summed E-state index contributed by atoms with van der Waals surface area (Å²) in [5.74, 6) is -0.294. The Morgan fingerprint density at radius 2 is 1.79 bits per heavy atom. The zero-order valence-electron chi connectivity index (χ0n) is 7.86. The normalized spacial score (nSPS) is 10.1. The summed E-state index contributed by atoms with van der Waals surface area (Å²) in [7, 11) is 1.39. The van der Waals surface area contributed by atoms with Gasteiger partial charge >= 0.3 is 5.97 Å². The summed E-state index contributed by atoms with van der Waals surface area (Å²) in [5.41, 5.74) is 2.59. The van der Waals surface area contributed by atoms with Crippen LogP contribution in [0.25, 0.3) is 11.1 Å². The van der Waals surface area contributed by atoms with Gasteiger partial charge in [-0.2, -0.15) is 0 Å². The van der Waals surface area contributed by atoms with E-state index < -0.39 is 0 Å². The van der Waals surface area contributed by atoms with Crippen molar-refractivity contribution < 1.29 is 9.53 Å².